The third kappa shape index (κ3) is 4.28. The van der Waals surface area contributed by atoms with Crippen molar-refractivity contribution in [1.82, 2.24) is 4.98 Å². The molecule has 4 rings (SSSR count). The van der Waals surface area contributed by atoms with Gasteiger partial charge in [0, 0.05) is 16.8 Å². The zero-order chi connectivity index (χ0) is 22.2. The summed E-state index contributed by atoms with van der Waals surface area (Å²) in [4.78, 5) is 30.1. The number of fused-ring (bicyclic) bond motifs is 2. The maximum Gasteiger partial charge on any atom is 0.339 e. The molecule has 1 aliphatic rings. The Bertz CT molecular complexity index is 1290. The van der Waals surface area contributed by atoms with Gasteiger partial charge in [-0.1, -0.05) is 18.2 Å². The predicted octanol–water partition coefficient (Wildman–Crippen LogP) is 2.55. The summed E-state index contributed by atoms with van der Waals surface area (Å²) in [6, 6.07) is 12.8. The number of nitrogens with two attached hydrogens (primary N) is 1. The molecule has 0 bridgehead atoms. The first-order chi connectivity index (χ1) is 14.7. The minimum atomic E-state index is -3.82. The Labute approximate surface area is 179 Å². The van der Waals surface area contributed by atoms with Gasteiger partial charge in [0.25, 0.3) is 5.91 Å². The number of nitrogens with one attached hydrogen (secondary N) is 1. The molecule has 8 nitrogen and oxygen atoms in total. The number of aromatic nitrogens is 1. The topological polar surface area (TPSA) is 128 Å². The quantitative estimate of drug-likeness (QED) is 0.588. The van der Waals surface area contributed by atoms with Crippen LogP contribution in [0.3, 0.4) is 0 Å². The fourth-order valence-electron chi connectivity index (χ4n) is 3.69. The molecule has 0 radical (unpaired) electrons. The first-order valence-electron chi connectivity index (χ1n) is 9.79. The van der Waals surface area contributed by atoms with E-state index in [9.17, 15) is 18.0 Å². The summed E-state index contributed by atoms with van der Waals surface area (Å²) in [5, 5.41) is 8.38. The molecule has 0 saturated carbocycles. The molecule has 1 atom stereocenters. The van der Waals surface area contributed by atoms with E-state index in [1.54, 1.807) is 0 Å². The summed E-state index contributed by atoms with van der Waals surface area (Å²) in [5.41, 5.74) is 3.33. The Morgan fingerprint density at radius 1 is 1.10 bits per heavy atom. The number of primary sulfonamides is 1. The number of rotatable bonds is 5. The minimum Gasteiger partial charge on any atom is -0.449 e. The van der Waals surface area contributed by atoms with Gasteiger partial charge in [-0.3, -0.25) is 9.78 Å². The summed E-state index contributed by atoms with van der Waals surface area (Å²) in [6.07, 6.45) is 1.41. The molecule has 1 aliphatic carbocycles. The lowest BCUT2D eigenvalue weighted by atomic mass is 10.0. The first kappa shape index (κ1) is 21.0. The van der Waals surface area contributed by atoms with E-state index in [1.165, 1.54) is 31.2 Å². The van der Waals surface area contributed by atoms with Crippen LogP contribution in [0.2, 0.25) is 0 Å². The maximum atomic E-state index is 13.0. The van der Waals surface area contributed by atoms with Crippen LogP contribution in [0.4, 0.5) is 5.69 Å². The number of para-hydroxylation sites is 1. The van der Waals surface area contributed by atoms with Crippen LogP contribution in [0.5, 0.6) is 0 Å². The van der Waals surface area contributed by atoms with Gasteiger partial charge in [-0.05, 0) is 62.1 Å². The second kappa shape index (κ2) is 8.09. The molecule has 0 saturated heterocycles. The van der Waals surface area contributed by atoms with Gasteiger partial charge in [-0.25, -0.2) is 18.4 Å². The van der Waals surface area contributed by atoms with Gasteiger partial charge in [0.05, 0.1) is 16.0 Å². The van der Waals surface area contributed by atoms with Crippen LogP contribution < -0.4 is 10.5 Å². The normalized spacial score (nSPS) is 14.1. The molecule has 2 aromatic carbocycles. The molecule has 0 unspecified atom stereocenters. The smallest absolute Gasteiger partial charge is 0.339 e. The van der Waals surface area contributed by atoms with Crippen LogP contribution in [0.15, 0.2) is 53.4 Å². The SMILES string of the molecule is C[C@H](OC(=O)c1c2c(nc3ccccc13)CCC2)C(=O)Nc1ccc(S(N)(=O)=O)cc1. The van der Waals surface area contributed by atoms with Crippen molar-refractivity contribution in [2.75, 3.05) is 5.32 Å². The van der Waals surface area contributed by atoms with Gasteiger partial charge in [0.2, 0.25) is 10.0 Å². The molecule has 1 amide bonds. The Kier molecular flexibility index (Phi) is 5.47. The lowest BCUT2D eigenvalue weighted by Gasteiger charge is -2.16. The van der Waals surface area contributed by atoms with Crippen molar-refractivity contribution < 1.29 is 22.7 Å². The summed E-state index contributed by atoms with van der Waals surface area (Å²) < 4.78 is 28.2. The van der Waals surface area contributed by atoms with Crippen LogP contribution in [-0.2, 0) is 32.4 Å². The van der Waals surface area contributed by atoms with E-state index >= 15 is 0 Å². The third-order valence-electron chi connectivity index (χ3n) is 5.23. The van der Waals surface area contributed by atoms with Crippen molar-refractivity contribution in [3.63, 3.8) is 0 Å². The second-order valence-electron chi connectivity index (χ2n) is 7.39. The number of benzene rings is 2. The average Bonchev–Trinajstić information content (AvgIpc) is 3.19. The second-order valence-corrected chi connectivity index (χ2v) is 8.95. The van der Waals surface area contributed by atoms with E-state index in [1.807, 2.05) is 24.3 Å². The number of carbonyl (C=O) groups excluding carboxylic acids is 2. The van der Waals surface area contributed by atoms with Gasteiger partial charge in [0.1, 0.15) is 0 Å². The van der Waals surface area contributed by atoms with Crippen molar-refractivity contribution in [2.24, 2.45) is 5.14 Å². The number of anilines is 1. The number of nitrogens with zero attached hydrogens (tertiary/aromatic N) is 1. The number of sulfonamides is 1. The van der Waals surface area contributed by atoms with Crippen LogP contribution in [0.1, 0.15) is 35.0 Å². The fraction of sp³-hybridized carbons (Fsp3) is 0.227. The van der Waals surface area contributed by atoms with Crippen molar-refractivity contribution in [3.05, 3.63) is 65.4 Å². The molecule has 9 heteroatoms. The molecule has 3 N–H and O–H groups in total. The summed E-state index contributed by atoms with van der Waals surface area (Å²) >= 11 is 0. The number of amides is 1. The van der Waals surface area contributed by atoms with E-state index in [4.69, 9.17) is 9.88 Å². The highest BCUT2D eigenvalue weighted by atomic mass is 32.2. The number of carbonyl (C=O) groups is 2. The number of hydrogen-bond donors (Lipinski definition) is 2. The maximum absolute atomic E-state index is 13.0. The van der Waals surface area contributed by atoms with E-state index in [-0.39, 0.29) is 4.90 Å². The van der Waals surface area contributed by atoms with Gasteiger partial charge in [0.15, 0.2) is 6.10 Å². The Hall–Kier alpha value is -3.30. The van der Waals surface area contributed by atoms with Crippen molar-refractivity contribution in [3.8, 4) is 0 Å². The van der Waals surface area contributed by atoms with E-state index in [2.05, 4.69) is 10.3 Å². The standard InChI is InChI=1S/C22H21N3O5S/c1-13(21(26)24-14-9-11-15(12-10-14)31(23,28)29)30-22(27)20-16-5-2-3-7-18(16)25-19-8-4-6-17(19)20/h2-3,5,7,9-13H,4,6,8H2,1H3,(H,24,26)(H2,23,28,29)/t13-/m0/s1. The Morgan fingerprint density at radius 2 is 1.81 bits per heavy atom. The van der Waals surface area contributed by atoms with Gasteiger partial charge >= 0.3 is 5.97 Å². The molecule has 1 heterocycles. The summed E-state index contributed by atoms with van der Waals surface area (Å²) in [5.74, 6) is -1.10. The van der Waals surface area contributed by atoms with Gasteiger partial charge in [-0.2, -0.15) is 0 Å². The molecular formula is C22H21N3O5S. The highest BCUT2D eigenvalue weighted by Crippen LogP contribution is 2.30. The minimum absolute atomic E-state index is 0.0663. The van der Waals surface area contributed by atoms with Gasteiger partial charge < -0.3 is 10.1 Å². The highest BCUT2D eigenvalue weighted by Gasteiger charge is 2.27. The summed E-state index contributed by atoms with van der Waals surface area (Å²) in [6.45, 7) is 1.48. The highest BCUT2D eigenvalue weighted by molar-refractivity contribution is 7.89. The molecule has 0 fully saturated rings. The Morgan fingerprint density at radius 3 is 2.52 bits per heavy atom. The van der Waals surface area contributed by atoms with Crippen LogP contribution in [0.25, 0.3) is 10.9 Å². The molecular weight excluding hydrogens is 418 g/mol. The van der Waals surface area contributed by atoms with E-state index < -0.39 is 28.0 Å². The number of pyridine rings is 1. The fourth-order valence-corrected chi connectivity index (χ4v) is 4.20. The average molecular weight is 439 g/mol. The van der Waals surface area contributed by atoms with Crippen molar-refractivity contribution >= 4 is 38.5 Å². The van der Waals surface area contributed by atoms with E-state index in [0.717, 1.165) is 36.0 Å². The molecule has 0 spiro atoms. The lowest BCUT2D eigenvalue weighted by molar-refractivity contribution is -0.123. The molecule has 0 aliphatic heterocycles. The van der Waals surface area contributed by atoms with E-state index in [0.29, 0.717) is 16.6 Å². The largest absolute Gasteiger partial charge is 0.449 e. The molecule has 3 aromatic rings. The molecule has 160 valence electrons. The Balaban J connectivity index is 1.52. The predicted molar refractivity (Wildman–Crippen MR) is 115 cm³/mol. The van der Waals surface area contributed by atoms with Gasteiger partial charge in [-0.15, -0.1) is 0 Å². The third-order valence-corrected chi connectivity index (χ3v) is 6.16. The zero-order valence-corrected chi connectivity index (χ0v) is 17.6. The number of hydrogen-bond acceptors (Lipinski definition) is 6. The van der Waals surface area contributed by atoms with Crippen LogP contribution in [-0.4, -0.2) is 31.4 Å². The van der Waals surface area contributed by atoms with Crippen molar-refractivity contribution in [1.29, 1.82) is 0 Å². The number of ether oxygens (including phenoxy) is 1. The number of esters is 1. The lowest BCUT2D eigenvalue weighted by Crippen LogP contribution is -2.30. The molecule has 1 aromatic heterocycles. The van der Waals surface area contributed by atoms with Crippen LogP contribution in [0, 0.1) is 0 Å². The monoisotopic (exact) mass is 439 g/mol. The zero-order valence-electron chi connectivity index (χ0n) is 16.8. The number of aryl methyl sites for hydroxylation is 1. The first-order valence-corrected chi connectivity index (χ1v) is 11.3. The molecule has 31 heavy (non-hydrogen) atoms. The van der Waals surface area contributed by atoms with Crippen LogP contribution >= 0.6 is 0 Å². The summed E-state index contributed by atoms with van der Waals surface area (Å²) in [7, 11) is -3.82. The van der Waals surface area contributed by atoms with Crippen molar-refractivity contribution in [2.45, 2.75) is 37.2 Å².